The van der Waals surface area contributed by atoms with E-state index in [-0.39, 0.29) is 0 Å². The lowest BCUT2D eigenvalue weighted by Gasteiger charge is -2.29. The molecule has 0 aliphatic carbocycles. The predicted molar refractivity (Wildman–Crippen MR) is 78.3 cm³/mol. The van der Waals surface area contributed by atoms with Crippen LogP contribution in [0.2, 0.25) is 0 Å². The minimum Gasteiger partial charge on any atom is -0.370 e. The molecule has 0 atom stereocenters. The molecule has 0 radical (unpaired) electrons. The average molecular weight is 250 g/mol. The van der Waals surface area contributed by atoms with Crippen LogP contribution in [-0.4, -0.2) is 29.1 Å². The van der Waals surface area contributed by atoms with Crippen LogP contribution >= 0.6 is 0 Å². The van der Waals surface area contributed by atoms with Crippen molar-refractivity contribution in [2.75, 3.05) is 23.3 Å². The van der Waals surface area contributed by atoms with Gasteiger partial charge in [-0.1, -0.05) is 13.8 Å². The largest absolute Gasteiger partial charge is 0.370 e. The first kappa shape index (κ1) is 14.7. The number of rotatable bonds is 7. The number of hydrogen-bond donors (Lipinski definition) is 1. The molecule has 1 heterocycles. The highest BCUT2D eigenvalue weighted by atomic mass is 15.2. The fourth-order valence-electron chi connectivity index (χ4n) is 2.00. The fourth-order valence-corrected chi connectivity index (χ4v) is 2.00. The van der Waals surface area contributed by atoms with Gasteiger partial charge < -0.3 is 10.2 Å². The molecule has 0 saturated heterocycles. The summed E-state index contributed by atoms with van der Waals surface area (Å²) < 4.78 is 0. The molecule has 0 amide bonds. The topological polar surface area (TPSA) is 41.1 Å². The molecule has 0 spiro atoms. The summed E-state index contributed by atoms with van der Waals surface area (Å²) in [5.74, 6) is 2.02. The number of anilines is 2. The summed E-state index contributed by atoms with van der Waals surface area (Å²) in [5, 5.41) is 3.36. The van der Waals surface area contributed by atoms with E-state index < -0.39 is 0 Å². The third-order valence-electron chi connectivity index (χ3n) is 2.96. The summed E-state index contributed by atoms with van der Waals surface area (Å²) in [5.41, 5.74) is 1.15. The van der Waals surface area contributed by atoms with Crippen LogP contribution in [0.25, 0.3) is 0 Å². The van der Waals surface area contributed by atoms with Crippen molar-refractivity contribution in [1.29, 1.82) is 0 Å². The minimum atomic E-state index is 0.456. The molecule has 0 aliphatic rings. The van der Waals surface area contributed by atoms with Gasteiger partial charge in [-0.15, -0.1) is 0 Å². The lowest BCUT2D eigenvalue weighted by molar-refractivity contribution is 0.659. The molecule has 0 fully saturated rings. The molecule has 1 aromatic rings. The maximum atomic E-state index is 4.46. The maximum absolute atomic E-state index is 4.46. The Hall–Kier alpha value is -1.32. The number of aromatic nitrogens is 2. The van der Waals surface area contributed by atoms with Crippen molar-refractivity contribution in [2.45, 2.75) is 53.5 Å². The van der Waals surface area contributed by atoms with E-state index in [1.54, 1.807) is 6.33 Å². The van der Waals surface area contributed by atoms with E-state index in [2.05, 4.69) is 54.8 Å². The van der Waals surface area contributed by atoms with Gasteiger partial charge in [-0.25, -0.2) is 9.97 Å². The molecule has 0 saturated carbocycles. The highest BCUT2D eigenvalue weighted by Crippen LogP contribution is 2.23. The highest BCUT2D eigenvalue weighted by Gasteiger charge is 2.15. The summed E-state index contributed by atoms with van der Waals surface area (Å²) in [6, 6.07) is 0.456. The number of nitrogens with one attached hydrogen (secondary N) is 1. The second-order valence-electron chi connectivity index (χ2n) is 4.88. The first-order valence-corrected chi connectivity index (χ1v) is 6.93. The van der Waals surface area contributed by atoms with E-state index in [1.165, 1.54) is 0 Å². The molecule has 1 aromatic heterocycles. The second-order valence-corrected chi connectivity index (χ2v) is 4.88. The molecule has 1 N–H and O–H groups in total. The van der Waals surface area contributed by atoms with Crippen LogP contribution in [0.15, 0.2) is 6.33 Å². The van der Waals surface area contributed by atoms with Gasteiger partial charge in [-0.05, 0) is 33.6 Å². The summed E-state index contributed by atoms with van der Waals surface area (Å²) in [6.45, 7) is 12.8. The summed E-state index contributed by atoms with van der Waals surface area (Å²) in [6.07, 6.45) is 3.88. The highest BCUT2D eigenvalue weighted by molar-refractivity contribution is 5.58. The van der Waals surface area contributed by atoms with Gasteiger partial charge in [0, 0.05) is 24.7 Å². The molecular formula is C14H26N4. The zero-order chi connectivity index (χ0) is 13.5. The van der Waals surface area contributed by atoms with Crippen LogP contribution in [-0.2, 0) is 0 Å². The molecular weight excluding hydrogens is 224 g/mol. The zero-order valence-corrected chi connectivity index (χ0v) is 12.3. The summed E-state index contributed by atoms with van der Waals surface area (Å²) in [7, 11) is 0. The van der Waals surface area contributed by atoms with Crippen molar-refractivity contribution in [1.82, 2.24) is 9.97 Å². The standard InChI is InChI=1S/C14H26N4/c1-6-8-15-13-12(5)14(17-10-16-13)18(9-7-2)11(3)4/h10-11H,6-9H2,1-5H3,(H,15,16,17). The van der Waals surface area contributed by atoms with E-state index in [4.69, 9.17) is 0 Å². The second kappa shape index (κ2) is 7.19. The number of hydrogen-bond acceptors (Lipinski definition) is 4. The fraction of sp³-hybridized carbons (Fsp3) is 0.714. The third-order valence-corrected chi connectivity index (χ3v) is 2.96. The van der Waals surface area contributed by atoms with Crippen molar-refractivity contribution >= 4 is 11.6 Å². The van der Waals surface area contributed by atoms with E-state index in [0.29, 0.717) is 6.04 Å². The lowest BCUT2D eigenvalue weighted by Crippen LogP contribution is -2.33. The van der Waals surface area contributed by atoms with Crippen LogP contribution in [0.5, 0.6) is 0 Å². The van der Waals surface area contributed by atoms with Crippen LogP contribution in [0.1, 0.15) is 46.1 Å². The van der Waals surface area contributed by atoms with E-state index in [1.807, 2.05) is 0 Å². The molecule has 4 heteroatoms. The Morgan fingerprint density at radius 3 is 2.50 bits per heavy atom. The summed E-state index contributed by atoms with van der Waals surface area (Å²) in [4.78, 5) is 11.1. The minimum absolute atomic E-state index is 0.456. The lowest BCUT2D eigenvalue weighted by atomic mass is 10.2. The van der Waals surface area contributed by atoms with Gasteiger partial charge in [0.2, 0.25) is 0 Å². The van der Waals surface area contributed by atoms with Gasteiger partial charge in [0.15, 0.2) is 0 Å². The van der Waals surface area contributed by atoms with Crippen molar-refractivity contribution < 1.29 is 0 Å². The molecule has 4 nitrogen and oxygen atoms in total. The van der Waals surface area contributed by atoms with E-state index in [9.17, 15) is 0 Å². The van der Waals surface area contributed by atoms with Crippen LogP contribution in [0.4, 0.5) is 11.6 Å². The van der Waals surface area contributed by atoms with Gasteiger partial charge in [0.05, 0.1) is 0 Å². The van der Waals surface area contributed by atoms with Gasteiger partial charge in [-0.3, -0.25) is 0 Å². The summed E-state index contributed by atoms with van der Waals surface area (Å²) >= 11 is 0. The van der Waals surface area contributed by atoms with Gasteiger partial charge in [-0.2, -0.15) is 0 Å². The molecule has 102 valence electrons. The Morgan fingerprint density at radius 2 is 1.94 bits per heavy atom. The Morgan fingerprint density at radius 1 is 1.22 bits per heavy atom. The molecule has 0 bridgehead atoms. The Bertz CT molecular complexity index is 363. The van der Waals surface area contributed by atoms with Crippen molar-refractivity contribution in [3.05, 3.63) is 11.9 Å². The van der Waals surface area contributed by atoms with Crippen molar-refractivity contribution in [3.63, 3.8) is 0 Å². The van der Waals surface area contributed by atoms with Gasteiger partial charge in [0.25, 0.3) is 0 Å². The number of nitrogens with zero attached hydrogens (tertiary/aromatic N) is 3. The monoisotopic (exact) mass is 250 g/mol. The first-order chi connectivity index (χ1) is 8.61. The van der Waals surface area contributed by atoms with Crippen LogP contribution in [0, 0.1) is 6.92 Å². The van der Waals surface area contributed by atoms with Gasteiger partial charge in [0.1, 0.15) is 18.0 Å². The van der Waals surface area contributed by atoms with Crippen LogP contribution in [0.3, 0.4) is 0 Å². The molecule has 0 aliphatic heterocycles. The van der Waals surface area contributed by atoms with Gasteiger partial charge >= 0.3 is 0 Å². The van der Waals surface area contributed by atoms with Crippen molar-refractivity contribution in [3.8, 4) is 0 Å². The van der Waals surface area contributed by atoms with Crippen LogP contribution < -0.4 is 10.2 Å². The van der Waals surface area contributed by atoms with E-state index >= 15 is 0 Å². The quantitative estimate of drug-likeness (QED) is 0.806. The van der Waals surface area contributed by atoms with Crippen molar-refractivity contribution in [2.24, 2.45) is 0 Å². The molecule has 0 aromatic carbocycles. The normalized spacial score (nSPS) is 10.8. The molecule has 18 heavy (non-hydrogen) atoms. The average Bonchev–Trinajstić information content (AvgIpc) is 2.35. The van der Waals surface area contributed by atoms with E-state index in [0.717, 1.165) is 43.1 Å². The Labute approximate surface area is 111 Å². The zero-order valence-electron chi connectivity index (χ0n) is 12.3. The Balaban J connectivity index is 2.99. The first-order valence-electron chi connectivity index (χ1n) is 6.93. The maximum Gasteiger partial charge on any atom is 0.137 e. The predicted octanol–water partition coefficient (Wildman–Crippen LogP) is 3.23. The third kappa shape index (κ3) is 3.59. The smallest absolute Gasteiger partial charge is 0.137 e. The Kier molecular flexibility index (Phi) is 5.89. The molecule has 1 rings (SSSR count). The SMILES string of the molecule is CCCNc1ncnc(N(CCC)C(C)C)c1C. The molecule has 0 unspecified atom stereocenters.